The summed E-state index contributed by atoms with van der Waals surface area (Å²) in [5.74, 6) is 0. The number of allylic oxidation sites excluding steroid dienone is 1. The van der Waals surface area contributed by atoms with Gasteiger partial charge in [-0.15, -0.1) is 6.58 Å². The summed E-state index contributed by atoms with van der Waals surface area (Å²) >= 11 is 0.841. The predicted octanol–water partition coefficient (Wildman–Crippen LogP) is 1.83. The molecule has 0 bridgehead atoms. The van der Waals surface area contributed by atoms with Gasteiger partial charge in [-0.1, -0.05) is 18.2 Å². The molecule has 8 heteroatoms. The van der Waals surface area contributed by atoms with E-state index in [2.05, 4.69) is 23.5 Å². The van der Waals surface area contributed by atoms with Gasteiger partial charge in [0.2, 0.25) is 4.80 Å². The molecule has 7 nitrogen and oxygen atoms in total. The molecule has 1 heterocycles. The van der Waals surface area contributed by atoms with Crippen molar-refractivity contribution < 1.29 is 9.72 Å². The summed E-state index contributed by atoms with van der Waals surface area (Å²) in [7, 11) is 0. The summed E-state index contributed by atoms with van der Waals surface area (Å²) in [6.45, 7) is 9.65. The van der Waals surface area contributed by atoms with E-state index in [1.165, 1.54) is 16.8 Å². The average molecular weight is 282 g/mol. The molecule has 0 aliphatic heterocycles. The van der Waals surface area contributed by atoms with Gasteiger partial charge in [-0.05, 0) is 18.3 Å². The molecular weight excluding hydrogens is 268 g/mol. The van der Waals surface area contributed by atoms with E-state index < -0.39 is 11.0 Å². The summed E-state index contributed by atoms with van der Waals surface area (Å²) in [6.07, 6.45) is 2.87. The molecule has 1 rings (SSSR count). The number of nitrogens with zero attached hydrogens (tertiary/aromatic N) is 3. The van der Waals surface area contributed by atoms with Crippen molar-refractivity contribution in [2.75, 3.05) is 6.54 Å². The van der Waals surface area contributed by atoms with Gasteiger partial charge in [-0.2, -0.15) is 4.99 Å². The fraction of sp³-hybridized carbons (Fsp3) is 0.273. The van der Waals surface area contributed by atoms with Crippen molar-refractivity contribution in [3.8, 4) is 0 Å². The van der Waals surface area contributed by atoms with Crippen LogP contribution in [0.15, 0.2) is 36.0 Å². The number of amides is 2. The van der Waals surface area contributed by atoms with Crippen molar-refractivity contribution in [1.82, 2.24) is 9.88 Å². The minimum Gasteiger partial charge on any atom is -0.333 e. The standard InChI is InChI=1S/C11H14N4O3S/c1-4-5-12-10(16)13-11-14(6-8(2)3)7-9(19-11)15(17)18/h4,7H,1-2,5-6H2,3H3,(H,12,16). The van der Waals surface area contributed by atoms with Crippen LogP contribution in [0.25, 0.3) is 0 Å². The van der Waals surface area contributed by atoms with Crippen LogP contribution in [0.3, 0.4) is 0 Å². The van der Waals surface area contributed by atoms with Crippen molar-refractivity contribution in [3.63, 3.8) is 0 Å². The molecule has 0 aromatic carbocycles. The lowest BCUT2D eigenvalue weighted by molar-refractivity contribution is -0.380. The average Bonchev–Trinajstić information content (AvgIpc) is 2.69. The quantitative estimate of drug-likeness (QED) is 0.507. The number of hydrogen-bond acceptors (Lipinski definition) is 4. The Labute approximate surface area is 113 Å². The van der Waals surface area contributed by atoms with Crippen molar-refractivity contribution in [2.24, 2.45) is 4.99 Å². The van der Waals surface area contributed by atoms with Crippen LogP contribution in [0.2, 0.25) is 0 Å². The second-order valence-electron chi connectivity index (χ2n) is 3.78. The molecule has 19 heavy (non-hydrogen) atoms. The van der Waals surface area contributed by atoms with Gasteiger partial charge >= 0.3 is 11.0 Å². The van der Waals surface area contributed by atoms with E-state index >= 15 is 0 Å². The number of aromatic nitrogens is 1. The third-order valence-corrected chi connectivity index (χ3v) is 2.89. The van der Waals surface area contributed by atoms with Gasteiger partial charge in [-0.25, -0.2) is 4.79 Å². The van der Waals surface area contributed by atoms with Gasteiger partial charge in [0, 0.05) is 13.1 Å². The lowest BCUT2D eigenvalue weighted by Crippen LogP contribution is -2.24. The first kappa shape index (κ1) is 14.8. The number of rotatable bonds is 5. The van der Waals surface area contributed by atoms with Gasteiger partial charge in [0.1, 0.15) is 0 Å². The summed E-state index contributed by atoms with van der Waals surface area (Å²) < 4.78 is 1.53. The van der Waals surface area contributed by atoms with E-state index in [0.717, 1.165) is 16.9 Å². The zero-order chi connectivity index (χ0) is 14.4. The third-order valence-electron chi connectivity index (χ3n) is 1.92. The van der Waals surface area contributed by atoms with Crippen LogP contribution >= 0.6 is 11.3 Å². The number of nitro groups is 1. The summed E-state index contributed by atoms with van der Waals surface area (Å²) in [5, 5.41) is 13.1. The highest BCUT2D eigenvalue weighted by molar-refractivity contribution is 7.12. The highest BCUT2D eigenvalue weighted by Gasteiger charge is 2.13. The summed E-state index contributed by atoms with van der Waals surface area (Å²) in [6, 6.07) is -0.563. The summed E-state index contributed by atoms with van der Waals surface area (Å²) in [5.41, 5.74) is 0.806. The second kappa shape index (κ2) is 6.64. The fourth-order valence-electron chi connectivity index (χ4n) is 1.23. The lowest BCUT2D eigenvalue weighted by atomic mass is 10.3. The Balaban J connectivity index is 3.12. The SMILES string of the molecule is C=CCNC(=O)N=c1sc([N+](=O)[O-])cn1CC(=C)C. The van der Waals surface area contributed by atoms with Crippen LogP contribution in [-0.2, 0) is 6.54 Å². The zero-order valence-corrected chi connectivity index (χ0v) is 11.3. The fourth-order valence-corrected chi connectivity index (χ4v) is 2.03. The normalized spacial score (nSPS) is 11.1. The van der Waals surface area contributed by atoms with Gasteiger partial charge < -0.3 is 9.88 Å². The molecule has 0 saturated carbocycles. The molecule has 0 aliphatic rings. The monoisotopic (exact) mass is 282 g/mol. The molecule has 0 saturated heterocycles. The van der Waals surface area contributed by atoms with Gasteiger partial charge in [-0.3, -0.25) is 10.1 Å². The maximum absolute atomic E-state index is 11.5. The Morgan fingerprint density at radius 1 is 1.74 bits per heavy atom. The maximum atomic E-state index is 11.5. The van der Waals surface area contributed by atoms with Crippen LogP contribution in [0, 0.1) is 10.1 Å². The highest BCUT2D eigenvalue weighted by atomic mass is 32.1. The first-order valence-corrected chi connectivity index (χ1v) is 6.18. The number of carbonyl (C=O) groups is 1. The van der Waals surface area contributed by atoms with Crippen molar-refractivity contribution >= 4 is 22.4 Å². The Bertz CT molecular complexity index is 585. The Morgan fingerprint density at radius 2 is 2.42 bits per heavy atom. The molecule has 0 unspecified atom stereocenters. The Morgan fingerprint density at radius 3 is 2.95 bits per heavy atom. The molecule has 0 fully saturated rings. The minimum atomic E-state index is -0.563. The molecule has 102 valence electrons. The molecule has 1 aromatic rings. The number of urea groups is 1. The number of hydrogen-bond donors (Lipinski definition) is 1. The maximum Gasteiger partial charge on any atom is 0.343 e. The van der Waals surface area contributed by atoms with Gasteiger partial charge in [0.25, 0.3) is 0 Å². The molecule has 0 radical (unpaired) electrons. The van der Waals surface area contributed by atoms with Crippen molar-refractivity contribution in [1.29, 1.82) is 0 Å². The van der Waals surface area contributed by atoms with Crippen molar-refractivity contribution in [3.05, 3.63) is 45.9 Å². The van der Waals surface area contributed by atoms with Gasteiger partial charge in [0.15, 0.2) is 0 Å². The number of thiazole rings is 1. The molecule has 1 N–H and O–H groups in total. The second-order valence-corrected chi connectivity index (χ2v) is 4.77. The van der Waals surface area contributed by atoms with E-state index in [0.29, 0.717) is 6.54 Å². The van der Waals surface area contributed by atoms with Gasteiger partial charge in [0.05, 0.1) is 11.1 Å². The van der Waals surface area contributed by atoms with E-state index in [-0.39, 0.29) is 16.3 Å². The minimum absolute atomic E-state index is 0.0727. The lowest BCUT2D eigenvalue weighted by Gasteiger charge is -2.00. The van der Waals surface area contributed by atoms with E-state index in [9.17, 15) is 14.9 Å². The highest BCUT2D eigenvalue weighted by Crippen LogP contribution is 2.14. The van der Waals surface area contributed by atoms with Crippen LogP contribution < -0.4 is 10.1 Å². The molecule has 0 atom stereocenters. The molecular formula is C11H14N4O3S. The topological polar surface area (TPSA) is 89.5 Å². The number of carbonyl (C=O) groups excluding carboxylic acids is 1. The molecule has 0 spiro atoms. The van der Waals surface area contributed by atoms with E-state index in [1.807, 2.05) is 0 Å². The Hall–Kier alpha value is -2.22. The largest absolute Gasteiger partial charge is 0.343 e. The van der Waals surface area contributed by atoms with Crippen LogP contribution in [0.4, 0.5) is 9.80 Å². The molecule has 1 aromatic heterocycles. The van der Waals surface area contributed by atoms with E-state index in [4.69, 9.17) is 0 Å². The van der Waals surface area contributed by atoms with Crippen molar-refractivity contribution in [2.45, 2.75) is 13.5 Å². The van der Waals surface area contributed by atoms with Crippen LogP contribution in [0.5, 0.6) is 0 Å². The molecule has 0 aliphatic carbocycles. The Kier molecular flexibility index (Phi) is 5.19. The summed E-state index contributed by atoms with van der Waals surface area (Å²) in [4.78, 5) is 25.7. The first-order chi connectivity index (χ1) is 8.93. The van der Waals surface area contributed by atoms with Crippen LogP contribution in [0.1, 0.15) is 6.92 Å². The van der Waals surface area contributed by atoms with E-state index in [1.54, 1.807) is 6.92 Å². The molecule has 2 amide bonds. The predicted molar refractivity (Wildman–Crippen MR) is 72.9 cm³/mol. The zero-order valence-electron chi connectivity index (χ0n) is 10.5. The first-order valence-electron chi connectivity index (χ1n) is 5.36. The smallest absolute Gasteiger partial charge is 0.333 e. The van der Waals surface area contributed by atoms with Crippen LogP contribution in [-0.4, -0.2) is 22.1 Å². The third kappa shape index (κ3) is 4.51. The number of nitrogens with one attached hydrogen (secondary N) is 1.